The third-order valence-corrected chi connectivity index (χ3v) is 4.77. The lowest BCUT2D eigenvalue weighted by Crippen LogP contribution is -2.32. The van der Waals surface area contributed by atoms with E-state index in [1.165, 1.54) is 0 Å². The molecule has 4 rings (SSSR count). The Bertz CT molecular complexity index is 691. The highest BCUT2D eigenvalue weighted by atomic mass is 35.5. The van der Waals surface area contributed by atoms with E-state index in [4.69, 9.17) is 20.8 Å². The lowest BCUT2D eigenvalue weighted by molar-refractivity contribution is 0.0163. The lowest BCUT2D eigenvalue weighted by atomic mass is 9.78. The van der Waals surface area contributed by atoms with Crippen LogP contribution < -0.4 is 4.74 Å². The van der Waals surface area contributed by atoms with Crippen molar-refractivity contribution in [3.8, 4) is 5.75 Å². The van der Waals surface area contributed by atoms with Crippen molar-refractivity contribution in [2.75, 3.05) is 6.61 Å². The first-order valence-corrected chi connectivity index (χ1v) is 7.77. The maximum Gasteiger partial charge on any atom is 0.126 e. The molecule has 0 saturated carbocycles. The van der Waals surface area contributed by atoms with Gasteiger partial charge in [0.25, 0.3) is 0 Å². The molecule has 1 aromatic carbocycles. The number of benzene rings is 1. The number of fused-ring (bicyclic) bond motifs is 2. The molecule has 1 N–H and O–H groups in total. The highest BCUT2D eigenvalue weighted by molar-refractivity contribution is 6.30. The van der Waals surface area contributed by atoms with Crippen molar-refractivity contribution in [1.82, 2.24) is 0 Å². The fraction of sp³-hybridized carbons (Fsp3) is 0.412. The van der Waals surface area contributed by atoms with Crippen molar-refractivity contribution in [3.63, 3.8) is 0 Å². The second-order valence-electron chi connectivity index (χ2n) is 5.97. The quantitative estimate of drug-likeness (QED) is 0.921. The van der Waals surface area contributed by atoms with Crippen LogP contribution in [0.5, 0.6) is 5.75 Å². The SMILES string of the molecule is OC1(Cc2cc(Cl)cc3c2OCC3)CCCc2occc21. The minimum atomic E-state index is -0.884. The summed E-state index contributed by atoms with van der Waals surface area (Å²) in [7, 11) is 0. The molecule has 21 heavy (non-hydrogen) atoms. The van der Waals surface area contributed by atoms with Gasteiger partial charge in [0.1, 0.15) is 11.5 Å². The van der Waals surface area contributed by atoms with Crippen LogP contribution in [-0.2, 0) is 24.9 Å². The van der Waals surface area contributed by atoms with Gasteiger partial charge in [0.2, 0.25) is 0 Å². The third-order valence-electron chi connectivity index (χ3n) is 4.55. The van der Waals surface area contributed by atoms with E-state index in [0.717, 1.165) is 53.9 Å². The third kappa shape index (κ3) is 2.16. The van der Waals surface area contributed by atoms with Crippen molar-refractivity contribution in [2.24, 2.45) is 0 Å². The van der Waals surface area contributed by atoms with E-state index in [-0.39, 0.29) is 0 Å². The molecule has 3 nitrogen and oxygen atoms in total. The van der Waals surface area contributed by atoms with Crippen LogP contribution in [0.25, 0.3) is 0 Å². The molecular formula is C17H17ClO3. The van der Waals surface area contributed by atoms with Gasteiger partial charge in [0.15, 0.2) is 0 Å². The zero-order valence-corrected chi connectivity index (χ0v) is 12.4. The number of furan rings is 1. The average Bonchev–Trinajstić information content (AvgIpc) is 3.07. The van der Waals surface area contributed by atoms with E-state index in [1.54, 1.807) is 6.26 Å². The van der Waals surface area contributed by atoms with Crippen LogP contribution in [0.2, 0.25) is 5.02 Å². The van der Waals surface area contributed by atoms with Gasteiger partial charge in [-0.05, 0) is 42.2 Å². The van der Waals surface area contributed by atoms with Crippen LogP contribution in [0, 0.1) is 0 Å². The van der Waals surface area contributed by atoms with Crippen LogP contribution in [0.1, 0.15) is 35.3 Å². The van der Waals surface area contributed by atoms with Crippen LogP contribution in [-0.4, -0.2) is 11.7 Å². The first-order chi connectivity index (χ1) is 10.2. The summed E-state index contributed by atoms with van der Waals surface area (Å²) in [5.41, 5.74) is 2.17. The molecule has 1 atom stereocenters. The standard InChI is InChI=1S/C17H17ClO3/c18-13-8-11-3-6-21-16(11)12(9-13)10-17(19)5-1-2-15-14(17)4-7-20-15/h4,7-9,19H,1-3,5-6,10H2. The molecular weight excluding hydrogens is 288 g/mol. The molecule has 0 amide bonds. The molecule has 2 aromatic rings. The predicted octanol–water partition coefficient (Wildman–Crippen LogP) is 3.63. The molecule has 0 spiro atoms. The number of hydrogen-bond donors (Lipinski definition) is 1. The normalized spacial score (nSPS) is 23.5. The number of rotatable bonds is 2. The van der Waals surface area contributed by atoms with Gasteiger partial charge in [-0.3, -0.25) is 0 Å². The molecule has 0 fully saturated rings. The van der Waals surface area contributed by atoms with Crippen molar-refractivity contribution in [3.05, 3.63) is 51.9 Å². The van der Waals surface area contributed by atoms with E-state index in [2.05, 4.69) is 0 Å². The fourth-order valence-electron chi connectivity index (χ4n) is 3.60. The van der Waals surface area contributed by atoms with E-state index >= 15 is 0 Å². The second kappa shape index (κ2) is 4.79. The molecule has 0 radical (unpaired) electrons. The molecule has 110 valence electrons. The van der Waals surface area contributed by atoms with Crippen molar-refractivity contribution >= 4 is 11.6 Å². The molecule has 0 saturated heterocycles. The van der Waals surface area contributed by atoms with E-state index in [1.807, 2.05) is 18.2 Å². The Kier molecular flexibility index (Phi) is 3.02. The highest BCUT2D eigenvalue weighted by Crippen LogP contribution is 2.42. The Morgan fingerprint density at radius 1 is 1.29 bits per heavy atom. The Morgan fingerprint density at radius 2 is 2.19 bits per heavy atom. The Morgan fingerprint density at radius 3 is 3.10 bits per heavy atom. The highest BCUT2D eigenvalue weighted by Gasteiger charge is 2.37. The number of aryl methyl sites for hydroxylation is 1. The molecule has 0 bridgehead atoms. The monoisotopic (exact) mass is 304 g/mol. The molecule has 1 aliphatic heterocycles. The topological polar surface area (TPSA) is 42.6 Å². The minimum absolute atomic E-state index is 0.516. The van der Waals surface area contributed by atoms with Gasteiger partial charge in [0.05, 0.1) is 18.5 Å². The molecule has 1 unspecified atom stereocenters. The van der Waals surface area contributed by atoms with E-state index in [0.29, 0.717) is 18.1 Å². The van der Waals surface area contributed by atoms with Gasteiger partial charge in [0, 0.05) is 29.8 Å². The van der Waals surface area contributed by atoms with Gasteiger partial charge in [-0.15, -0.1) is 0 Å². The van der Waals surface area contributed by atoms with Crippen molar-refractivity contribution in [1.29, 1.82) is 0 Å². The summed E-state index contributed by atoms with van der Waals surface area (Å²) in [6, 6.07) is 5.76. The number of halogens is 1. The number of hydrogen-bond acceptors (Lipinski definition) is 3. The van der Waals surface area contributed by atoms with Crippen LogP contribution in [0.15, 0.2) is 28.9 Å². The molecule has 2 aliphatic rings. The van der Waals surface area contributed by atoms with Crippen LogP contribution in [0.3, 0.4) is 0 Å². The molecule has 1 aromatic heterocycles. The van der Waals surface area contributed by atoms with Crippen molar-refractivity contribution in [2.45, 2.75) is 37.7 Å². The average molecular weight is 305 g/mol. The summed E-state index contributed by atoms with van der Waals surface area (Å²) in [4.78, 5) is 0. The van der Waals surface area contributed by atoms with Gasteiger partial charge < -0.3 is 14.3 Å². The largest absolute Gasteiger partial charge is 0.493 e. The smallest absolute Gasteiger partial charge is 0.126 e. The molecule has 4 heteroatoms. The Labute approximate surface area is 128 Å². The van der Waals surface area contributed by atoms with Gasteiger partial charge in [-0.25, -0.2) is 0 Å². The van der Waals surface area contributed by atoms with Gasteiger partial charge in [-0.2, -0.15) is 0 Å². The van der Waals surface area contributed by atoms with E-state index in [9.17, 15) is 5.11 Å². The van der Waals surface area contributed by atoms with Crippen LogP contribution in [0.4, 0.5) is 0 Å². The molecule has 2 heterocycles. The van der Waals surface area contributed by atoms with E-state index < -0.39 is 5.60 Å². The first-order valence-electron chi connectivity index (χ1n) is 7.39. The Hall–Kier alpha value is -1.45. The van der Waals surface area contributed by atoms with Crippen LogP contribution >= 0.6 is 11.6 Å². The van der Waals surface area contributed by atoms with Gasteiger partial charge >= 0.3 is 0 Å². The summed E-state index contributed by atoms with van der Waals surface area (Å²) in [6.45, 7) is 0.693. The lowest BCUT2D eigenvalue weighted by Gasteiger charge is -2.32. The summed E-state index contributed by atoms with van der Waals surface area (Å²) in [5.74, 6) is 1.81. The van der Waals surface area contributed by atoms with Crippen molar-refractivity contribution < 1.29 is 14.3 Å². The summed E-state index contributed by atoms with van der Waals surface area (Å²) < 4.78 is 11.2. The first kappa shape index (κ1) is 13.2. The maximum atomic E-state index is 11.1. The van der Waals surface area contributed by atoms with Gasteiger partial charge in [-0.1, -0.05) is 11.6 Å². The minimum Gasteiger partial charge on any atom is -0.493 e. The summed E-state index contributed by atoms with van der Waals surface area (Å²) >= 11 is 6.22. The maximum absolute atomic E-state index is 11.1. The second-order valence-corrected chi connectivity index (χ2v) is 6.41. The number of aliphatic hydroxyl groups is 1. The summed E-state index contributed by atoms with van der Waals surface area (Å²) in [5, 5.41) is 11.8. The Balaban J connectivity index is 1.75. The zero-order valence-electron chi connectivity index (χ0n) is 11.7. The fourth-order valence-corrected chi connectivity index (χ4v) is 3.86. The predicted molar refractivity (Wildman–Crippen MR) is 79.9 cm³/mol. The molecule has 1 aliphatic carbocycles. The number of ether oxygens (including phenoxy) is 1. The summed E-state index contributed by atoms with van der Waals surface area (Å²) in [6.07, 6.45) is 5.64. The zero-order chi connectivity index (χ0) is 14.4.